The molecule has 0 aromatic carbocycles. The van der Waals surface area contributed by atoms with E-state index < -0.39 is 0 Å². The Balaban J connectivity index is 2.64. The summed E-state index contributed by atoms with van der Waals surface area (Å²) < 4.78 is 1.94. The van der Waals surface area contributed by atoms with E-state index in [1.807, 2.05) is 11.7 Å². The number of aliphatic hydroxyl groups excluding tert-OH is 1. The Labute approximate surface area is 117 Å². The van der Waals surface area contributed by atoms with Crippen LogP contribution in [0.15, 0.2) is 0 Å². The van der Waals surface area contributed by atoms with Crippen LogP contribution in [-0.4, -0.2) is 27.5 Å². The Bertz CT molecular complexity index is 398. The minimum Gasteiger partial charge on any atom is -0.393 e. The van der Waals surface area contributed by atoms with Crippen LogP contribution in [-0.2, 0) is 7.05 Å². The molecule has 0 aliphatic heterocycles. The van der Waals surface area contributed by atoms with E-state index in [-0.39, 0.29) is 6.10 Å². The zero-order chi connectivity index (χ0) is 14.6. The second-order valence-corrected chi connectivity index (χ2v) is 5.72. The van der Waals surface area contributed by atoms with E-state index in [9.17, 15) is 5.11 Å². The van der Waals surface area contributed by atoms with Crippen molar-refractivity contribution in [1.29, 1.82) is 0 Å². The van der Waals surface area contributed by atoms with Crippen molar-refractivity contribution in [2.45, 2.75) is 59.6 Å². The summed E-state index contributed by atoms with van der Waals surface area (Å²) in [5, 5.41) is 17.9. The fraction of sp³-hybridized carbons (Fsp3) is 0.800. The van der Waals surface area contributed by atoms with E-state index in [1.54, 1.807) is 0 Å². The Morgan fingerprint density at radius 3 is 2.37 bits per heavy atom. The van der Waals surface area contributed by atoms with Crippen molar-refractivity contribution in [3.63, 3.8) is 0 Å². The molecular weight excluding hydrogens is 238 g/mol. The Kier molecular flexibility index (Phi) is 6.01. The molecule has 1 aromatic heterocycles. The van der Waals surface area contributed by atoms with E-state index in [0.29, 0.717) is 12.0 Å². The van der Waals surface area contributed by atoms with Gasteiger partial charge in [-0.05, 0) is 39.2 Å². The van der Waals surface area contributed by atoms with Gasteiger partial charge in [-0.3, -0.25) is 4.68 Å². The average molecular weight is 267 g/mol. The van der Waals surface area contributed by atoms with Crippen molar-refractivity contribution in [2.24, 2.45) is 13.0 Å². The van der Waals surface area contributed by atoms with Gasteiger partial charge in [-0.25, -0.2) is 0 Å². The summed E-state index contributed by atoms with van der Waals surface area (Å²) >= 11 is 0. The third-order valence-corrected chi connectivity index (χ3v) is 3.92. The van der Waals surface area contributed by atoms with Gasteiger partial charge in [-0.15, -0.1) is 0 Å². The smallest absolute Gasteiger partial charge is 0.0644 e. The minimum atomic E-state index is -0.221. The third-order valence-electron chi connectivity index (χ3n) is 3.92. The molecule has 0 aliphatic rings. The van der Waals surface area contributed by atoms with E-state index in [2.05, 4.69) is 45.0 Å². The highest BCUT2D eigenvalue weighted by Crippen LogP contribution is 2.23. The average Bonchev–Trinajstić information content (AvgIpc) is 2.59. The van der Waals surface area contributed by atoms with E-state index in [0.717, 1.165) is 25.1 Å². The molecule has 1 heterocycles. The van der Waals surface area contributed by atoms with Crippen LogP contribution in [0.5, 0.6) is 0 Å². The van der Waals surface area contributed by atoms with Gasteiger partial charge in [-0.1, -0.05) is 20.8 Å². The SMILES string of the molecule is CCC(NCCC(O)C(C)C)c1c(C)nn(C)c1C. The Hall–Kier alpha value is -0.870. The Morgan fingerprint density at radius 1 is 1.32 bits per heavy atom. The summed E-state index contributed by atoms with van der Waals surface area (Å²) in [6, 6.07) is 0.327. The summed E-state index contributed by atoms with van der Waals surface area (Å²) in [7, 11) is 1.99. The zero-order valence-electron chi connectivity index (χ0n) is 13.2. The molecule has 0 saturated heterocycles. The largest absolute Gasteiger partial charge is 0.393 e. The lowest BCUT2D eigenvalue weighted by Crippen LogP contribution is -2.27. The first-order valence-electron chi connectivity index (χ1n) is 7.30. The molecule has 2 N–H and O–H groups in total. The lowest BCUT2D eigenvalue weighted by molar-refractivity contribution is 0.115. The van der Waals surface area contributed by atoms with Crippen LogP contribution in [0.1, 0.15) is 56.6 Å². The lowest BCUT2D eigenvalue weighted by atomic mass is 10.0. The van der Waals surface area contributed by atoms with E-state index in [4.69, 9.17) is 0 Å². The molecule has 0 saturated carbocycles. The van der Waals surface area contributed by atoms with Gasteiger partial charge < -0.3 is 10.4 Å². The van der Waals surface area contributed by atoms with Crippen LogP contribution in [0.4, 0.5) is 0 Å². The molecule has 4 heteroatoms. The number of aryl methyl sites for hydroxylation is 2. The van der Waals surface area contributed by atoms with Crippen LogP contribution in [0.3, 0.4) is 0 Å². The molecule has 0 bridgehead atoms. The van der Waals surface area contributed by atoms with Crippen LogP contribution >= 0.6 is 0 Å². The summed E-state index contributed by atoms with van der Waals surface area (Å²) in [4.78, 5) is 0. The first-order chi connectivity index (χ1) is 8.88. The molecule has 2 unspecified atom stereocenters. The monoisotopic (exact) mass is 267 g/mol. The van der Waals surface area contributed by atoms with Gasteiger partial charge in [-0.2, -0.15) is 5.10 Å². The number of hydrogen-bond donors (Lipinski definition) is 2. The van der Waals surface area contributed by atoms with Crippen LogP contribution < -0.4 is 5.32 Å². The van der Waals surface area contributed by atoms with Crippen LogP contribution in [0.25, 0.3) is 0 Å². The van der Waals surface area contributed by atoms with Crippen LogP contribution in [0.2, 0.25) is 0 Å². The van der Waals surface area contributed by atoms with Gasteiger partial charge in [0.2, 0.25) is 0 Å². The first-order valence-corrected chi connectivity index (χ1v) is 7.30. The van der Waals surface area contributed by atoms with Gasteiger partial charge in [0.1, 0.15) is 0 Å². The molecular formula is C15H29N3O. The molecule has 4 nitrogen and oxygen atoms in total. The number of rotatable bonds is 7. The molecule has 1 aromatic rings. The molecule has 0 spiro atoms. The lowest BCUT2D eigenvalue weighted by Gasteiger charge is -2.20. The number of aromatic nitrogens is 2. The molecule has 0 fully saturated rings. The van der Waals surface area contributed by atoms with Crippen molar-refractivity contribution >= 4 is 0 Å². The van der Waals surface area contributed by atoms with Gasteiger partial charge in [0.25, 0.3) is 0 Å². The fourth-order valence-corrected chi connectivity index (χ4v) is 2.48. The zero-order valence-corrected chi connectivity index (χ0v) is 13.2. The number of aliphatic hydroxyl groups is 1. The fourth-order valence-electron chi connectivity index (χ4n) is 2.48. The van der Waals surface area contributed by atoms with Crippen molar-refractivity contribution < 1.29 is 5.11 Å². The Morgan fingerprint density at radius 2 is 1.95 bits per heavy atom. The van der Waals surface area contributed by atoms with Gasteiger partial charge in [0.05, 0.1) is 11.8 Å². The third kappa shape index (κ3) is 4.05. The number of nitrogens with one attached hydrogen (secondary N) is 1. The minimum absolute atomic E-state index is 0.221. The van der Waals surface area contributed by atoms with Gasteiger partial charge in [0, 0.05) is 24.3 Å². The van der Waals surface area contributed by atoms with E-state index in [1.165, 1.54) is 11.3 Å². The molecule has 0 aliphatic carbocycles. The first kappa shape index (κ1) is 16.2. The standard InChI is InChI=1S/C15H29N3O/c1-7-13(16-9-8-14(19)10(2)3)15-11(4)17-18(6)12(15)5/h10,13-14,16,19H,7-9H2,1-6H3. The molecule has 110 valence electrons. The maximum atomic E-state index is 9.84. The quantitative estimate of drug-likeness (QED) is 0.798. The van der Waals surface area contributed by atoms with Gasteiger partial charge in [0.15, 0.2) is 0 Å². The molecule has 2 atom stereocenters. The molecule has 1 rings (SSSR count). The van der Waals surface area contributed by atoms with Crippen molar-refractivity contribution in [2.75, 3.05) is 6.54 Å². The highest BCUT2D eigenvalue weighted by Gasteiger charge is 2.18. The topological polar surface area (TPSA) is 50.1 Å². The van der Waals surface area contributed by atoms with Crippen molar-refractivity contribution in [3.05, 3.63) is 17.0 Å². The van der Waals surface area contributed by atoms with E-state index >= 15 is 0 Å². The molecule has 19 heavy (non-hydrogen) atoms. The highest BCUT2D eigenvalue weighted by atomic mass is 16.3. The van der Waals surface area contributed by atoms with Crippen molar-refractivity contribution in [1.82, 2.24) is 15.1 Å². The predicted molar refractivity (Wildman–Crippen MR) is 79.2 cm³/mol. The molecule has 0 radical (unpaired) electrons. The number of hydrogen-bond acceptors (Lipinski definition) is 3. The number of nitrogens with zero attached hydrogens (tertiary/aromatic N) is 2. The maximum Gasteiger partial charge on any atom is 0.0644 e. The molecule has 0 amide bonds. The second kappa shape index (κ2) is 7.06. The second-order valence-electron chi connectivity index (χ2n) is 5.72. The van der Waals surface area contributed by atoms with Crippen molar-refractivity contribution in [3.8, 4) is 0 Å². The highest BCUT2D eigenvalue weighted by molar-refractivity contribution is 5.28. The summed E-state index contributed by atoms with van der Waals surface area (Å²) in [6.45, 7) is 11.3. The predicted octanol–water partition coefficient (Wildman–Crippen LogP) is 2.48. The van der Waals surface area contributed by atoms with Crippen LogP contribution in [0, 0.1) is 19.8 Å². The van der Waals surface area contributed by atoms with Gasteiger partial charge >= 0.3 is 0 Å². The summed E-state index contributed by atoms with van der Waals surface area (Å²) in [6.07, 6.45) is 1.61. The normalized spacial score (nSPS) is 14.9. The summed E-state index contributed by atoms with van der Waals surface area (Å²) in [5.74, 6) is 0.323. The summed E-state index contributed by atoms with van der Waals surface area (Å²) in [5.41, 5.74) is 3.63. The maximum absolute atomic E-state index is 9.84.